The second kappa shape index (κ2) is 8.38. The van der Waals surface area contributed by atoms with Crippen molar-refractivity contribution in [3.63, 3.8) is 0 Å². The number of benzene rings is 3. The Bertz CT molecular complexity index is 1320. The normalized spacial score (nSPS) is 18.1. The lowest BCUT2D eigenvalue weighted by atomic mass is 9.99. The second-order valence-electron chi connectivity index (χ2n) is 8.06. The quantitative estimate of drug-likeness (QED) is 0.484. The van der Waals surface area contributed by atoms with Gasteiger partial charge in [0.2, 0.25) is 5.91 Å². The van der Waals surface area contributed by atoms with Crippen molar-refractivity contribution in [2.75, 3.05) is 4.90 Å². The molecule has 4 aromatic rings. The van der Waals surface area contributed by atoms with Crippen LogP contribution in [-0.2, 0) is 11.2 Å². The second-order valence-corrected chi connectivity index (χ2v) is 8.06. The van der Waals surface area contributed by atoms with Crippen molar-refractivity contribution < 1.29 is 19.1 Å². The first-order valence-electron chi connectivity index (χ1n) is 10.6. The van der Waals surface area contributed by atoms with Gasteiger partial charge >= 0.3 is 6.09 Å². The Balaban J connectivity index is 1.51. The number of carbonyl (C=O) groups is 2. The highest BCUT2D eigenvalue weighted by molar-refractivity contribution is 5.99. The molecule has 0 spiro atoms. The molecule has 2 atom stereocenters. The minimum absolute atomic E-state index is 0.0939. The van der Waals surface area contributed by atoms with Crippen molar-refractivity contribution in [1.82, 2.24) is 15.1 Å². The number of amides is 2. The van der Waals surface area contributed by atoms with Gasteiger partial charge in [-0.1, -0.05) is 30.3 Å². The van der Waals surface area contributed by atoms with E-state index in [2.05, 4.69) is 10.4 Å². The summed E-state index contributed by atoms with van der Waals surface area (Å²) in [5, 5.41) is 17.1. The summed E-state index contributed by atoms with van der Waals surface area (Å²) in [5.41, 5.74) is 3.24. The Kier molecular flexibility index (Phi) is 5.26. The lowest BCUT2D eigenvalue weighted by Crippen LogP contribution is -2.46. The van der Waals surface area contributed by atoms with Crippen LogP contribution in [0.2, 0.25) is 0 Å². The SMILES string of the molecule is O=C(O)N[C@H]1CC(=O)N(c2ccc3c(cnn3-c3ccc(F)cc3)c2)[C@@H]1Cc1ccccc1. The molecule has 1 aliphatic heterocycles. The Morgan fingerprint density at radius 3 is 2.52 bits per heavy atom. The summed E-state index contributed by atoms with van der Waals surface area (Å²) in [5.74, 6) is -0.459. The van der Waals surface area contributed by atoms with Crippen LogP contribution in [0, 0.1) is 5.82 Å². The van der Waals surface area contributed by atoms with Gasteiger partial charge in [-0.15, -0.1) is 0 Å². The molecule has 3 aromatic carbocycles. The highest BCUT2D eigenvalue weighted by Gasteiger charge is 2.41. The summed E-state index contributed by atoms with van der Waals surface area (Å²) in [4.78, 5) is 26.0. The summed E-state index contributed by atoms with van der Waals surface area (Å²) >= 11 is 0. The fraction of sp³-hybridized carbons (Fsp3) is 0.160. The number of hydrogen-bond donors (Lipinski definition) is 2. The van der Waals surface area contributed by atoms with Crippen LogP contribution in [0.3, 0.4) is 0 Å². The molecule has 1 fully saturated rings. The van der Waals surface area contributed by atoms with Crippen LogP contribution in [0.5, 0.6) is 0 Å². The molecule has 7 nitrogen and oxygen atoms in total. The molecule has 2 amide bonds. The molecule has 2 heterocycles. The van der Waals surface area contributed by atoms with E-state index in [0.29, 0.717) is 12.1 Å². The van der Waals surface area contributed by atoms with E-state index in [-0.39, 0.29) is 24.2 Å². The van der Waals surface area contributed by atoms with Gasteiger partial charge in [-0.3, -0.25) is 4.79 Å². The Hall–Kier alpha value is -4.20. The number of halogens is 1. The summed E-state index contributed by atoms with van der Waals surface area (Å²) < 4.78 is 15.0. The molecule has 166 valence electrons. The molecule has 0 saturated carbocycles. The van der Waals surface area contributed by atoms with Crippen molar-refractivity contribution in [2.45, 2.75) is 24.9 Å². The van der Waals surface area contributed by atoms with E-state index in [1.54, 1.807) is 27.9 Å². The van der Waals surface area contributed by atoms with Crippen molar-refractivity contribution in [1.29, 1.82) is 0 Å². The van der Waals surface area contributed by atoms with Crippen molar-refractivity contribution in [2.24, 2.45) is 0 Å². The first-order valence-corrected chi connectivity index (χ1v) is 10.6. The van der Waals surface area contributed by atoms with E-state index in [4.69, 9.17) is 0 Å². The van der Waals surface area contributed by atoms with E-state index in [0.717, 1.165) is 22.2 Å². The molecule has 1 aliphatic rings. The smallest absolute Gasteiger partial charge is 0.404 e. The van der Waals surface area contributed by atoms with Crippen LogP contribution in [0.4, 0.5) is 14.9 Å². The zero-order valence-corrected chi connectivity index (χ0v) is 17.6. The number of nitrogens with zero attached hydrogens (tertiary/aromatic N) is 3. The molecule has 1 aromatic heterocycles. The molecule has 8 heteroatoms. The van der Waals surface area contributed by atoms with Gasteiger partial charge in [0, 0.05) is 17.5 Å². The van der Waals surface area contributed by atoms with E-state index < -0.39 is 12.1 Å². The first kappa shape index (κ1) is 20.7. The standard InChI is InChI=1S/C25H21FN4O3/c26-18-6-8-19(9-7-18)30-22-11-10-20(13-17(22)15-27-30)29-23(12-16-4-2-1-3-5-16)21(14-24(29)31)28-25(32)33/h1-11,13,15,21,23,28H,12,14H2,(H,32,33)/t21-,23+/m0/s1. The third-order valence-electron chi connectivity index (χ3n) is 5.96. The number of rotatable bonds is 5. The minimum atomic E-state index is -1.15. The predicted octanol–water partition coefficient (Wildman–Crippen LogP) is 4.15. The zero-order chi connectivity index (χ0) is 22.9. The zero-order valence-electron chi connectivity index (χ0n) is 17.6. The summed E-state index contributed by atoms with van der Waals surface area (Å²) in [6, 6.07) is 20.5. The molecule has 0 unspecified atom stereocenters. The predicted molar refractivity (Wildman–Crippen MR) is 122 cm³/mol. The van der Waals surface area contributed by atoms with Crippen molar-refractivity contribution in [3.05, 3.63) is 90.4 Å². The molecule has 0 aliphatic carbocycles. The molecular weight excluding hydrogens is 423 g/mol. The van der Waals surface area contributed by atoms with E-state index in [9.17, 15) is 19.1 Å². The van der Waals surface area contributed by atoms with Gasteiger partial charge in [0.15, 0.2) is 0 Å². The van der Waals surface area contributed by atoms with Gasteiger partial charge in [0.25, 0.3) is 0 Å². The maximum Gasteiger partial charge on any atom is 0.404 e. The van der Waals surface area contributed by atoms with Crippen LogP contribution in [-0.4, -0.2) is 39.0 Å². The first-order chi connectivity index (χ1) is 16.0. The van der Waals surface area contributed by atoms with Gasteiger partial charge in [-0.2, -0.15) is 5.10 Å². The number of carboxylic acid groups (broad SMARTS) is 1. The molecular formula is C25H21FN4O3. The lowest BCUT2D eigenvalue weighted by Gasteiger charge is -2.28. The van der Waals surface area contributed by atoms with Crippen molar-refractivity contribution >= 4 is 28.6 Å². The summed E-state index contributed by atoms with van der Waals surface area (Å²) in [6.45, 7) is 0. The number of aromatic nitrogens is 2. The van der Waals surface area contributed by atoms with Gasteiger partial charge in [0.1, 0.15) is 5.82 Å². The van der Waals surface area contributed by atoms with Crippen LogP contribution >= 0.6 is 0 Å². The Morgan fingerprint density at radius 1 is 1.06 bits per heavy atom. The van der Waals surface area contributed by atoms with Crippen LogP contribution in [0.15, 0.2) is 79.0 Å². The molecule has 2 N–H and O–H groups in total. The monoisotopic (exact) mass is 444 g/mol. The third-order valence-corrected chi connectivity index (χ3v) is 5.96. The maximum absolute atomic E-state index is 13.3. The Labute approximate surface area is 189 Å². The highest BCUT2D eigenvalue weighted by Crippen LogP contribution is 2.32. The number of anilines is 1. The largest absolute Gasteiger partial charge is 0.465 e. The average molecular weight is 444 g/mol. The fourth-order valence-corrected chi connectivity index (χ4v) is 4.48. The minimum Gasteiger partial charge on any atom is -0.465 e. The fourth-order valence-electron chi connectivity index (χ4n) is 4.48. The topological polar surface area (TPSA) is 87.5 Å². The van der Waals surface area contributed by atoms with Crippen molar-refractivity contribution in [3.8, 4) is 5.69 Å². The number of nitrogens with one attached hydrogen (secondary N) is 1. The number of hydrogen-bond acceptors (Lipinski definition) is 3. The Morgan fingerprint density at radius 2 is 1.79 bits per heavy atom. The van der Waals surface area contributed by atoms with Gasteiger partial charge in [-0.05, 0) is 54.4 Å². The van der Waals surface area contributed by atoms with Crippen LogP contribution < -0.4 is 10.2 Å². The molecule has 33 heavy (non-hydrogen) atoms. The third kappa shape index (κ3) is 4.03. The van der Waals surface area contributed by atoms with Gasteiger partial charge in [-0.25, -0.2) is 13.9 Å². The number of carbonyl (C=O) groups excluding carboxylic acids is 1. The number of fused-ring (bicyclic) bond motifs is 1. The van der Waals surface area contributed by atoms with E-state index >= 15 is 0 Å². The van der Waals surface area contributed by atoms with Gasteiger partial charge < -0.3 is 15.3 Å². The summed E-state index contributed by atoms with van der Waals surface area (Å²) in [7, 11) is 0. The van der Waals surface area contributed by atoms with Crippen LogP contribution in [0.25, 0.3) is 16.6 Å². The highest BCUT2D eigenvalue weighted by atomic mass is 19.1. The van der Waals surface area contributed by atoms with E-state index in [1.165, 1.54) is 12.1 Å². The van der Waals surface area contributed by atoms with Gasteiger partial charge in [0.05, 0.1) is 29.5 Å². The van der Waals surface area contributed by atoms with Crippen LogP contribution in [0.1, 0.15) is 12.0 Å². The summed E-state index contributed by atoms with van der Waals surface area (Å²) in [6.07, 6.45) is 1.16. The molecule has 5 rings (SSSR count). The molecule has 1 saturated heterocycles. The van der Waals surface area contributed by atoms with E-state index in [1.807, 2.05) is 48.5 Å². The molecule has 0 bridgehead atoms. The lowest BCUT2D eigenvalue weighted by molar-refractivity contribution is -0.117. The maximum atomic E-state index is 13.3. The molecule has 0 radical (unpaired) electrons. The average Bonchev–Trinajstić information content (AvgIpc) is 3.35.